The highest BCUT2D eigenvalue weighted by atomic mass is 35.5. The van der Waals surface area contributed by atoms with Crippen molar-refractivity contribution >= 4 is 11.6 Å². The Labute approximate surface area is 101 Å². The van der Waals surface area contributed by atoms with Crippen LogP contribution in [0.2, 0.25) is 5.02 Å². The van der Waals surface area contributed by atoms with Crippen molar-refractivity contribution in [2.45, 2.75) is 20.3 Å². The summed E-state index contributed by atoms with van der Waals surface area (Å²) in [5.41, 5.74) is 7.32. The van der Waals surface area contributed by atoms with Crippen LogP contribution in [0, 0.1) is 13.8 Å². The Morgan fingerprint density at radius 1 is 1.38 bits per heavy atom. The highest BCUT2D eigenvalue weighted by Crippen LogP contribution is 2.37. The maximum Gasteiger partial charge on any atom is 0.165 e. The molecule has 0 aromatic heterocycles. The molecule has 1 rings (SSSR count). The molecule has 0 saturated carbocycles. The topological polar surface area (TPSA) is 44.5 Å². The summed E-state index contributed by atoms with van der Waals surface area (Å²) in [7, 11) is 1.62. The molecule has 16 heavy (non-hydrogen) atoms. The molecule has 1 aromatic rings. The van der Waals surface area contributed by atoms with Gasteiger partial charge in [0.2, 0.25) is 0 Å². The Morgan fingerprint density at radius 3 is 2.62 bits per heavy atom. The third-order valence-electron chi connectivity index (χ3n) is 2.40. The standard InChI is InChI=1S/C12H18ClNO2/c1-8-7-10(15-3)12(9(2)11(8)13)16-6-4-5-14/h7H,4-6,14H2,1-3H3. The average molecular weight is 244 g/mol. The van der Waals surface area contributed by atoms with Gasteiger partial charge in [-0.05, 0) is 38.4 Å². The molecule has 0 heterocycles. The first-order valence-electron chi connectivity index (χ1n) is 5.28. The number of ether oxygens (including phenoxy) is 2. The number of hydrogen-bond donors (Lipinski definition) is 1. The fraction of sp³-hybridized carbons (Fsp3) is 0.500. The van der Waals surface area contributed by atoms with Crippen LogP contribution < -0.4 is 15.2 Å². The van der Waals surface area contributed by atoms with Gasteiger partial charge in [-0.1, -0.05) is 11.6 Å². The van der Waals surface area contributed by atoms with Gasteiger partial charge in [0, 0.05) is 5.56 Å². The van der Waals surface area contributed by atoms with E-state index >= 15 is 0 Å². The van der Waals surface area contributed by atoms with Crippen molar-refractivity contribution in [3.63, 3.8) is 0 Å². The lowest BCUT2D eigenvalue weighted by Crippen LogP contribution is -2.07. The smallest absolute Gasteiger partial charge is 0.165 e. The molecule has 0 spiro atoms. The minimum Gasteiger partial charge on any atom is -0.493 e. The Kier molecular flexibility index (Phi) is 4.90. The summed E-state index contributed by atoms with van der Waals surface area (Å²) >= 11 is 6.16. The molecule has 90 valence electrons. The van der Waals surface area contributed by atoms with Gasteiger partial charge in [0.05, 0.1) is 18.7 Å². The molecule has 0 bridgehead atoms. The average Bonchev–Trinajstić information content (AvgIpc) is 2.29. The van der Waals surface area contributed by atoms with E-state index in [0.717, 1.165) is 28.3 Å². The maximum atomic E-state index is 6.16. The van der Waals surface area contributed by atoms with Gasteiger partial charge >= 0.3 is 0 Å². The molecule has 0 unspecified atom stereocenters. The minimum atomic E-state index is 0.576. The van der Waals surface area contributed by atoms with Gasteiger partial charge in [-0.15, -0.1) is 0 Å². The van der Waals surface area contributed by atoms with Gasteiger partial charge in [-0.3, -0.25) is 0 Å². The van der Waals surface area contributed by atoms with Gasteiger partial charge in [0.25, 0.3) is 0 Å². The van der Waals surface area contributed by atoms with Crippen molar-refractivity contribution in [2.24, 2.45) is 5.73 Å². The van der Waals surface area contributed by atoms with Crippen molar-refractivity contribution in [1.82, 2.24) is 0 Å². The lowest BCUT2D eigenvalue weighted by Gasteiger charge is -2.15. The third kappa shape index (κ3) is 2.80. The van der Waals surface area contributed by atoms with Crippen LogP contribution in [0.1, 0.15) is 17.5 Å². The molecule has 0 atom stereocenters. The largest absolute Gasteiger partial charge is 0.493 e. The Bertz CT molecular complexity index is 367. The summed E-state index contributed by atoms with van der Waals surface area (Å²) in [4.78, 5) is 0. The normalized spacial score (nSPS) is 10.3. The van der Waals surface area contributed by atoms with Crippen LogP contribution in [0.5, 0.6) is 11.5 Å². The van der Waals surface area contributed by atoms with Crippen LogP contribution >= 0.6 is 11.6 Å². The van der Waals surface area contributed by atoms with Gasteiger partial charge in [0.1, 0.15) is 0 Å². The SMILES string of the molecule is COc1cc(C)c(Cl)c(C)c1OCCCN. The zero-order valence-electron chi connectivity index (χ0n) is 9.97. The zero-order valence-corrected chi connectivity index (χ0v) is 10.7. The molecule has 4 heteroatoms. The fourth-order valence-electron chi connectivity index (χ4n) is 1.49. The van der Waals surface area contributed by atoms with Crippen LogP contribution in [-0.4, -0.2) is 20.3 Å². The lowest BCUT2D eigenvalue weighted by atomic mass is 10.1. The maximum absolute atomic E-state index is 6.16. The molecule has 0 aliphatic rings. The molecule has 1 aromatic carbocycles. The first-order chi connectivity index (χ1) is 7.61. The quantitative estimate of drug-likeness (QED) is 0.809. The van der Waals surface area contributed by atoms with Crippen molar-refractivity contribution in [1.29, 1.82) is 0 Å². The molecule has 0 radical (unpaired) electrons. The van der Waals surface area contributed by atoms with E-state index in [1.54, 1.807) is 7.11 Å². The summed E-state index contributed by atoms with van der Waals surface area (Å²) in [6, 6.07) is 1.88. The van der Waals surface area contributed by atoms with E-state index in [1.807, 2.05) is 19.9 Å². The minimum absolute atomic E-state index is 0.576. The van der Waals surface area contributed by atoms with Gasteiger partial charge < -0.3 is 15.2 Å². The molecule has 0 saturated heterocycles. The fourth-order valence-corrected chi connectivity index (χ4v) is 1.63. The van der Waals surface area contributed by atoms with E-state index in [9.17, 15) is 0 Å². The van der Waals surface area contributed by atoms with E-state index in [-0.39, 0.29) is 0 Å². The summed E-state index contributed by atoms with van der Waals surface area (Å²) in [6.45, 7) is 5.06. The summed E-state index contributed by atoms with van der Waals surface area (Å²) in [5, 5.41) is 0.726. The van der Waals surface area contributed by atoms with Crippen molar-refractivity contribution < 1.29 is 9.47 Å². The van der Waals surface area contributed by atoms with E-state index < -0.39 is 0 Å². The summed E-state index contributed by atoms with van der Waals surface area (Å²) in [5.74, 6) is 1.43. The van der Waals surface area contributed by atoms with E-state index in [1.165, 1.54) is 0 Å². The van der Waals surface area contributed by atoms with Crippen LogP contribution in [-0.2, 0) is 0 Å². The number of benzene rings is 1. The van der Waals surface area contributed by atoms with Crippen LogP contribution in [0.15, 0.2) is 6.07 Å². The number of methoxy groups -OCH3 is 1. The Balaban J connectivity index is 3.00. The second-order valence-corrected chi connectivity index (χ2v) is 4.03. The molecule has 0 amide bonds. The van der Waals surface area contributed by atoms with Gasteiger partial charge in [0.15, 0.2) is 11.5 Å². The van der Waals surface area contributed by atoms with E-state index in [0.29, 0.717) is 18.9 Å². The molecular formula is C12H18ClNO2. The third-order valence-corrected chi connectivity index (χ3v) is 2.98. The Hall–Kier alpha value is -0.930. The van der Waals surface area contributed by atoms with E-state index in [4.69, 9.17) is 26.8 Å². The van der Waals surface area contributed by atoms with Crippen LogP contribution in [0.25, 0.3) is 0 Å². The Morgan fingerprint density at radius 2 is 2.06 bits per heavy atom. The number of halogens is 1. The number of hydrogen-bond acceptors (Lipinski definition) is 3. The number of aryl methyl sites for hydroxylation is 1. The molecular weight excluding hydrogens is 226 g/mol. The van der Waals surface area contributed by atoms with Crippen molar-refractivity contribution in [3.05, 3.63) is 22.2 Å². The monoisotopic (exact) mass is 243 g/mol. The second kappa shape index (κ2) is 5.97. The molecule has 0 aliphatic heterocycles. The van der Waals surface area contributed by atoms with Crippen LogP contribution in [0.4, 0.5) is 0 Å². The first-order valence-corrected chi connectivity index (χ1v) is 5.66. The second-order valence-electron chi connectivity index (χ2n) is 3.65. The number of rotatable bonds is 5. The first kappa shape index (κ1) is 13.1. The molecule has 0 aliphatic carbocycles. The van der Waals surface area contributed by atoms with Crippen molar-refractivity contribution in [2.75, 3.05) is 20.3 Å². The van der Waals surface area contributed by atoms with E-state index in [2.05, 4.69) is 0 Å². The zero-order chi connectivity index (χ0) is 12.1. The van der Waals surface area contributed by atoms with Gasteiger partial charge in [-0.2, -0.15) is 0 Å². The highest BCUT2D eigenvalue weighted by molar-refractivity contribution is 6.32. The summed E-state index contributed by atoms with van der Waals surface area (Å²) < 4.78 is 10.9. The molecule has 3 nitrogen and oxygen atoms in total. The van der Waals surface area contributed by atoms with Gasteiger partial charge in [-0.25, -0.2) is 0 Å². The highest BCUT2D eigenvalue weighted by Gasteiger charge is 2.13. The molecule has 0 fully saturated rings. The predicted molar refractivity (Wildman–Crippen MR) is 66.6 cm³/mol. The summed E-state index contributed by atoms with van der Waals surface area (Å²) in [6.07, 6.45) is 0.814. The predicted octanol–water partition coefficient (Wildman–Crippen LogP) is 2.69. The molecule has 2 N–H and O–H groups in total. The number of nitrogens with two attached hydrogens (primary N) is 1. The lowest BCUT2D eigenvalue weighted by molar-refractivity contribution is 0.289. The van der Waals surface area contributed by atoms with Crippen molar-refractivity contribution in [3.8, 4) is 11.5 Å². The van der Waals surface area contributed by atoms with Crippen LogP contribution in [0.3, 0.4) is 0 Å².